The predicted octanol–water partition coefficient (Wildman–Crippen LogP) is 2.37. The average Bonchev–Trinajstić information content (AvgIpc) is 2.55. The van der Waals surface area contributed by atoms with E-state index in [9.17, 15) is 14.9 Å². The molecule has 1 amide bonds. The van der Waals surface area contributed by atoms with Crippen LogP contribution in [0.4, 0.5) is 5.69 Å². The van der Waals surface area contributed by atoms with Crippen LogP contribution < -0.4 is 10.2 Å². The van der Waals surface area contributed by atoms with Gasteiger partial charge in [-0.3, -0.25) is 14.9 Å². The number of rotatable bonds is 5. The summed E-state index contributed by atoms with van der Waals surface area (Å²) in [6.07, 6.45) is 1.34. The van der Waals surface area contributed by atoms with Crippen molar-refractivity contribution >= 4 is 17.8 Å². The number of hydrogen-bond acceptors (Lipinski definition) is 5. The fourth-order valence-electron chi connectivity index (χ4n) is 1.69. The number of carbonyl (C=O) groups is 1. The fourth-order valence-corrected chi connectivity index (χ4v) is 1.69. The number of ether oxygens (including phenoxy) is 1. The van der Waals surface area contributed by atoms with Crippen LogP contribution in [-0.2, 0) is 0 Å². The Bertz CT molecular complexity index is 711. The van der Waals surface area contributed by atoms with Gasteiger partial charge in [-0.2, -0.15) is 5.10 Å². The molecular weight excluding hydrogens is 286 g/mol. The molecule has 7 heteroatoms. The summed E-state index contributed by atoms with van der Waals surface area (Å²) in [5.41, 5.74) is 3.26. The molecule has 112 valence electrons. The molecule has 2 aromatic carbocycles. The number of carbonyl (C=O) groups excluding carboxylic acids is 1. The summed E-state index contributed by atoms with van der Waals surface area (Å²) >= 11 is 0. The van der Waals surface area contributed by atoms with Gasteiger partial charge in [0.2, 0.25) is 0 Å². The van der Waals surface area contributed by atoms with Crippen LogP contribution in [0.2, 0.25) is 0 Å². The summed E-state index contributed by atoms with van der Waals surface area (Å²) in [5.74, 6) is 0.265. The van der Waals surface area contributed by atoms with Crippen molar-refractivity contribution in [2.45, 2.75) is 0 Å². The van der Waals surface area contributed by atoms with Crippen molar-refractivity contribution in [3.63, 3.8) is 0 Å². The first kappa shape index (κ1) is 15.2. The number of benzene rings is 2. The van der Waals surface area contributed by atoms with Gasteiger partial charge in [0, 0.05) is 23.3 Å². The van der Waals surface area contributed by atoms with Gasteiger partial charge in [0.25, 0.3) is 11.6 Å². The van der Waals surface area contributed by atoms with E-state index in [1.165, 1.54) is 18.3 Å². The highest BCUT2D eigenvalue weighted by atomic mass is 16.6. The zero-order valence-corrected chi connectivity index (χ0v) is 11.7. The number of hydrazone groups is 1. The van der Waals surface area contributed by atoms with Crippen LogP contribution >= 0.6 is 0 Å². The Labute approximate surface area is 126 Å². The third kappa shape index (κ3) is 3.89. The van der Waals surface area contributed by atoms with Gasteiger partial charge in [0.15, 0.2) is 0 Å². The lowest BCUT2D eigenvalue weighted by atomic mass is 10.2. The standard InChI is InChI=1S/C15H13N3O4/c1-22-14-7-5-12(6-8-14)15(19)17-16-10-11-3-2-4-13(9-11)18(20)21/h2-10H,1H3,(H,17,19)/b16-10+. The summed E-state index contributed by atoms with van der Waals surface area (Å²) in [5, 5.41) is 14.4. The van der Waals surface area contributed by atoms with Gasteiger partial charge in [-0.05, 0) is 24.3 Å². The molecule has 2 aromatic rings. The first-order valence-corrected chi connectivity index (χ1v) is 6.32. The number of hydrogen-bond donors (Lipinski definition) is 1. The second-order valence-corrected chi connectivity index (χ2v) is 4.28. The Balaban J connectivity index is 2.00. The van der Waals surface area contributed by atoms with Crippen molar-refractivity contribution in [3.8, 4) is 5.75 Å². The van der Waals surface area contributed by atoms with Gasteiger partial charge >= 0.3 is 0 Å². The number of nitrogens with one attached hydrogen (secondary N) is 1. The van der Waals surface area contributed by atoms with E-state index in [4.69, 9.17) is 4.74 Å². The van der Waals surface area contributed by atoms with Crippen LogP contribution in [0.25, 0.3) is 0 Å². The van der Waals surface area contributed by atoms with E-state index in [-0.39, 0.29) is 11.6 Å². The Morgan fingerprint density at radius 2 is 2.00 bits per heavy atom. The maximum absolute atomic E-state index is 11.8. The zero-order chi connectivity index (χ0) is 15.9. The minimum atomic E-state index is -0.493. The predicted molar refractivity (Wildman–Crippen MR) is 81.2 cm³/mol. The molecule has 0 saturated carbocycles. The number of nitrogens with zero attached hydrogens (tertiary/aromatic N) is 2. The zero-order valence-electron chi connectivity index (χ0n) is 11.7. The van der Waals surface area contributed by atoms with E-state index in [1.807, 2.05) is 0 Å². The Morgan fingerprint density at radius 3 is 2.64 bits per heavy atom. The van der Waals surface area contributed by atoms with Gasteiger partial charge in [0.05, 0.1) is 18.2 Å². The highest BCUT2D eigenvalue weighted by Gasteiger charge is 2.05. The molecule has 0 radical (unpaired) electrons. The molecule has 0 bridgehead atoms. The number of non-ortho nitro benzene ring substituents is 1. The maximum Gasteiger partial charge on any atom is 0.271 e. The van der Waals surface area contributed by atoms with Gasteiger partial charge in [0.1, 0.15) is 5.75 Å². The molecule has 0 fully saturated rings. The lowest BCUT2D eigenvalue weighted by molar-refractivity contribution is -0.384. The first-order chi connectivity index (χ1) is 10.6. The molecule has 0 aliphatic heterocycles. The molecule has 0 spiro atoms. The normalized spacial score (nSPS) is 10.4. The molecular formula is C15H13N3O4. The summed E-state index contributed by atoms with van der Waals surface area (Å²) in [4.78, 5) is 22.0. The lowest BCUT2D eigenvalue weighted by Gasteiger charge is -2.02. The van der Waals surface area contributed by atoms with Crippen LogP contribution in [0.1, 0.15) is 15.9 Å². The second-order valence-electron chi connectivity index (χ2n) is 4.28. The van der Waals surface area contributed by atoms with E-state index >= 15 is 0 Å². The lowest BCUT2D eigenvalue weighted by Crippen LogP contribution is -2.17. The SMILES string of the molecule is COc1ccc(C(=O)N/N=C/c2cccc([N+](=O)[O-])c2)cc1. The summed E-state index contributed by atoms with van der Waals surface area (Å²) < 4.78 is 5.00. The van der Waals surface area contributed by atoms with Crippen LogP contribution in [0.15, 0.2) is 53.6 Å². The maximum atomic E-state index is 11.8. The molecule has 0 saturated heterocycles. The van der Waals surface area contributed by atoms with E-state index in [0.29, 0.717) is 16.9 Å². The minimum absolute atomic E-state index is 0.0366. The fraction of sp³-hybridized carbons (Fsp3) is 0.0667. The van der Waals surface area contributed by atoms with E-state index in [0.717, 1.165) is 0 Å². The van der Waals surface area contributed by atoms with Crippen molar-refractivity contribution in [2.24, 2.45) is 5.10 Å². The third-order valence-electron chi connectivity index (χ3n) is 2.81. The van der Waals surface area contributed by atoms with Crippen LogP contribution in [0, 0.1) is 10.1 Å². The van der Waals surface area contributed by atoms with E-state index in [2.05, 4.69) is 10.5 Å². The molecule has 1 N–H and O–H groups in total. The largest absolute Gasteiger partial charge is 0.497 e. The quantitative estimate of drug-likeness (QED) is 0.521. The minimum Gasteiger partial charge on any atom is -0.497 e. The molecule has 22 heavy (non-hydrogen) atoms. The highest BCUT2D eigenvalue weighted by Crippen LogP contribution is 2.12. The third-order valence-corrected chi connectivity index (χ3v) is 2.81. The number of methoxy groups -OCH3 is 1. The molecule has 0 aliphatic rings. The van der Waals surface area contributed by atoms with Gasteiger partial charge in [-0.15, -0.1) is 0 Å². The summed E-state index contributed by atoms with van der Waals surface area (Å²) in [7, 11) is 1.54. The summed E-state index contributed by atoms with van der Waals surface area (Å²) in [6.45, 7) is 0. The van der Waals surface area contributed by atoms with Crippen molar-refractivity contribution in [1.82, 2.24) is 5.43 Å². The van der Waals surface area contributed by atoms with Gasteiger partial charge in [-0.1, -0.05) is 12.1 Å². The molecule has 0 aliphatic carbocycles. The Morgan fingerprint density at radius 1 is 1.27 bits per heavy atom. The van der Waals surface area contributed by atoms with Crippen LogP contribution in [0.3, 0.4) is 0 Å². The van der Waals surface area contributed by atoms with Crippen molar-refractivity contribution < 1.29 is 14.5 Å². The molecule has 2 rings (SSSR count). The van der Waals surface area contributed by atoms with Gasteiger partial charge in [-0.25, -0.2) is 5.43 Å². The topological polar surface area (TPSA) is 93.8 Å². The van der Waals surface area contributed by atoms with Crippen molar-refractivity contribution in [2.75, 3.05) is 7.11 Å². The first-order valence-electron chi connectivity index (χ1n) is 6.32. The Kier molecular flexibility index (Phi) is 4.81. The smallest absolute Gasteiger partial charge is 0.271 e. The van der Waals surface area contributed by atoms with Crippen LogP contribution in [0.5, 0.6) is 5.75 Å². The summed E-state index contributed by atoms with van der Waals surface area (Å²) in [6, 6.07) is 12.5. The Hall–Kier alpha value is -3.22. The average molecular weight is 299 g/mol. The molecule has 0 heterocycles. The van der Waals surface area contributed by atoms with Crippen molar-refractivity contribution in [3.05, 3.63) is 69.8 Å². The second kappa shape index (κ2) is 6.98. The monoisotopic (exact) mass is 299 g/mol. The van der Waals surface area contributed by atoms with E-state index in [1.54, 1.807) is 43.5 Å². The molecule has 0 unspecified atom stereocenters. The number of nitro groups is 1. The van der Waals surface area contributed by atoms with E-state index < -0.39 is 4.92 Å². The molecule has 0 aromatic heterocycles. The number of nitro benzene ring substituents is 1. The van der Waals surface area contributed by atoms with Crippen molar-refractivity contribution in [1.29, 1.82) is 0 Å². The van der Waals surface area contributed by atoms with Crippen LogP contribution in [-0.4, -0.2) is 24.2 Å². The van der Waals surface area contributed by atoms with Gasteiger partial charge < -0.3 is 4.74 Å². The molecule has 7 nitrogen and oxygen atoms in total. The molecule has 0 atom stereocenters. The highest BCUT2D eigenvalue weighted by molar-refractivity contribution is 5.95. The number of amides is 1.